The van der Waals surface area contributed by atoms with Gasteiger partial charge >= 0.3 is 47.8 Å². The highest BCUT2D eigenvalue weighted by atomic mass is 16.7. The molecule has 2 aromatic rings. The number of carbonyl (C=O) groups is 9. The van der Waals surface area contributed by atoms with E-state index in [2.05, 4.69) is 29.0 Å². The summed E-state index contributed by atoms with van der Waals surface area (Å²) in [5.41, 5.74) is 3.60. The molecule has 10 atom stereocenters. The molecule has 0 bridgehead atoms. The van der Waals surface area contributed by atoms with Crippen molar-refractivity contribution in [1.82, 2.24) is 5.32 Å². The number of ketones is 1. The Morgan fingerprint density at radius 2 is 0.958 bits per heavy atom. The molecule has 20 nitrogen and oxygen atoms in total. The molecule has 71 heavy (non-hydrogen) atoms. The van der Waals surface area contributed by atoms with Gasteiger partial charge in [-0.05, 0) is 73.3 Å². The van der Waals surface area contributed by atoms with Gasteiger partial charge in [-0.2, -0.15) is 0 Å². The van der Waals surface area contributed by atoms with Gasteiger partial charge in [0.1, 0.15) is 25.4 Å². The van der Waals surface area contributed by atoms with E-state index >= 15 is 0 Å². The van der Waals surface area contributed by atoms with E-state index in [0.717, 1.165) is 70.7 Å². The quantitative estimate of drug-likeness (QED) is 0.147. The molecule has 3 saturated heterocycles. The molecule has 3 heterocycles. The van der Waals surface area contributed by atoms with Crippen LogP contribution in [0.1, 0.15) is 108 Å². The molecule has 2 aromatic carbocycles. The molecule has 0 aromatic heterocycles. The molecule has 0 radical (unpaired) electrons. The SMILES string of the molecule is CC(=O)OC[C@H]1O[C@H](C#Cc2ccc3c(c2)C2(CCNCC2)c2c-3ccc(C#C[C@H]3O[C@H](COC(C)=O)[C@@H](OC(C)=O)[C@H](OC(C)=O)[C@@H]3OC(C)=O)c2C(C)=O)[C@@H](OC(C)=O)[C@@H](OC(C)=O)[C@@H]1OC(C)=O. The van der Waals surface area contributed by atoms with Crippen LogP contribution >= 0.6 is 0 Å². The average molecular weight is 986 g/mol. The van der Waals surface area contributed by atoms with Crippen molar-refractivity contribution in [3.63, 3.8) is 0 Å². The molecule has 3 aliphatic heterocycles. The number of ether oxygens (including phenoxy) is 10. The Hall–Kier alpha value is -7.13. The number of Topliss-reactive ketones (excluding diaryl/α,β-unsaturated/α-hetero) is 1. The maximum absolute atomic E-state index is 14.0. The molecular formula is C51H55NO19. The second-order valence-electron chi connectivity index (χ2n) is 17.3. The highest BCUT2D eigenvalue weighted by molar-refractivity contribution is 6.03. The van der Waals surface area contributed by atoms with Gasteiger partial charge in [0.05, 0.1) is 0 Å². The van der Waals surface area contributed by atoms with Crippen molar-refractivity contribution in [1.29, 1.82) is 0 Å². The number of esters is 8. The van der Waals surface area contributed by atoms with Crippen molar-refractivity contribution < 1.29 is 90.5 Å². The van der Waals surface area contributed by atoms with Crippen molar-refractivity contribution in [2.24, 2.45) is 0 Å². The fourth-order valence-electron chi connectivity index (χ4n) is 9.55. The minimum atomic E-state index is -1.45. The first-order valence-corrected chi connectivity index (χ1v) is 22.8. The van der Waals surface area contributed by atoms with Gasteiger partial charge in [-0.1, -0.05) is 35.8 Å². The van der Waals surface area contributed by atoms with Gasteiger partial charge in [-0.25, -0.2) is 0 Å². The molecule has 6 rings (SSSR count). The van der Waals surface area contributed by atoms with Gasteiger partial charge in [0.2, 0.25) is 0 Å². The second-order valence-corrected chi connectivity index (χ2v) is 17.3. The molecule has 0 saturated carbocycles. The summed E-state index contributed by atoms with van der Waals surface area (Å²) in [6.07, 6.45) is -12.4. The number of hydrogen-bond donors (Lipinski definition) is 1. The smallest absolute Gasteiger partial charge is 0.303 e. The second kappa shape index (κ2) is 22.7. The van der Waals surface area contributed by atoms with Gasteiger partial charge in [-0.15, -0.1) is 0 Å². The van der Waals surface area contributed by atoms with E-state index in [-0.39, 0.29) is 5.78 Å². The summed E-state index contributed by atoms with van der Waals surface area (Å²) in [5.74, 6) is 5.83. The summed E-state index contributed by atoms with van der Waals surface area (Å²) in [5, 5.41) is 3.41. The Morgan fingerprint density at radius 3 is 1.39 bits per heavy atom. The summed E-state index contributed by atoms with van der Waals surface area (Å²) in [4.78, 5) is 112. The predicted molar refractivity (Wildman–Crippen MR) is 242 cm³/mol. The first kappa shape index (κ1) is 53.2. The van der Waals surface area contributed by atoms with Crippen LogP contribution in [0, 0.1) is 23.7 Å². The standard InChI is InChI=1S/C51H55NO19/c1-25(53)43-35(13-17-40-46(65-29(5)57)50(69-33(9)61)48(67-31(7)59)42(71-40)24-63-27(3)55)12-15-37-36-14-10-34(22-38(36)51(44(37)43)18-20-52-21-19-51)11-16-39-45(64-28(4)56)49(68-32(8)60)47(66-30(6)58)41(70-39)23-62-26(2)54/h10,12,14-15,22,39-42,45-50,52H,18-21,23-24H2,1-9H3/t39-,40-,41-,42-,45-,46-,47-,48-,49-,50-/m1/s1. The third-order valence-electron chi connectivity index (χ3n) is 12.0. The van der Waals surface area contributed by atoms with Gasteiger partial charge in [0.15, 0.2) is 54.6 Å². The number of rotatable bonds is 11. The number of hydrogen-bond acceptors (Lipinski definition) is 20. The molecule has 1 N–H and O–H groups in total. The van der Waals surface area contributed by atoms with Crippen LogP contribution in [0.3, 0.4) is 0 Å². The molecule has 0 amide bonds. The first-order chi connectivity index (χ1) is 33.6. The van der Waals surface area contributed by atoms with Crippen molar-refractivity contribution in [3.8, 4) is 34.8 Å². The lowest BCUT2D eigenvalue weighted by atomic mass is 9.69. The summed E-state index contributed by atoms with van der Waals surface area (Å²) < 4.78 is 56.2. The maximum atomic E-state index is 14.0. The Morgan fingerprint density at radius 1 is 0.535 bits per heavy atom. The Bertz CT molecular complexity index is 2610. The minimum Gasteiger partial charge on any atom is -0.463 e. The zero-order valence-corrected chi connectivity index (χ0v) is 40.7. The Labute approximate surface area is 409 Å². The third kappa shape index (κ3) is 12.4. The Balaban J connectivity index is 1.44. The van der Waals surface area contributed by atoms with Gasteiger partial charge < -0.3 is 52.7 Å². The van der Waals surface area contributed by atoms with E-state index in [0.29, 0.717) is 42.6 Å². The first-order valence-electron chi connectivity index (χ1n) is 22.8. The normalized spacial score (nSPS) is 25.6. The number of carbonyl (C=O) groups excluding carboxylic acids is 9. The fourth-order valence-corrected chi connectivity index (χ4v) is 9.55. The molecule has 1 aliphatic carbocycles. The van der Waals surface area contributed by atoms with Crippen LogP contribution in [0.2, 0.25) is 0 Å². The Kier molecular flexibility index (Phi) is 17.0. The molecule has 378 valence electrons. The van der Waals surface area contributed by atoms with Crippen LogP contribution in [0.5, 0.6) is 0 Å². The number of nitrogens with one attached hydrogen (secondary N) is 1. The van der Waals surface area contributed by atoms with Crippen molar-refractivity contribution in [3.05, 3.63) is 58.1 Å². The van der Waals surface area contributed by atoms with E-state index in [1.54, 1.807) is 12.1 Å². The average Bonchev–Trinajstić information content (AvgIpc) is 3.53. The van der Waals surface area contributed by atoms with Crippen LogP contribution in [-0.4, -0.2) is 141 Å². The summed E-state index contributed by atoms with van der Waals surface area (Å²) in [6, 6.07) is 9.11. The highest BCUT2D eigenvalue weighted by Gasteiger charge is 2.54. The lowest BCUT2D eigenvalue weighted by Crippen LogP contribution is -2.62. The highest BCUT2D eigenvalue weighted by Crippen LogP contribution is 2.55. The van der Waals surface area contributed by atoms with Crippen LogP contribution in [0.4, 0.5) is 0 Å². The fraction of sp³-hybridized carbons (Fsp3) is 0.510. The summed E-state index contributed by atoms with van der Waals surface area (Å²) in [7, 11) is 0. The summed E-state index contributed by atoms with van der Waals surface area (Å²) in [6.45, 7) is 10.8. The molecule has 4 aliphatic rings. The molecule has 3 fully saturated rings. The zero-order chi connectivity index (χ0) is 51.9. The van der Waals surface area contributed by atoms with Gasteiger partial charge in [0, 0.05) is 77.5 Å². The molecule has 20 heteroatoms. The van der Waals surface area contributed by atoms with Gasteiger partial charge in [-0.3, -0.25) is 43.2 Å². The zero-order valence-electron chi connectivity index (χ0n) is 40.7. The lowest BCUT2D eigenvalue weighted by molar-refractivity contribution is -0.243. The number of benzene rings is 2. The lowest BCUT2D eigenvalue weighted by Gasteiger charge is -2.42. The van der Waals surface area contributed by atoms with E-state index in [1.165, 1.54) is 13.8 Å². The molecule has 0 unspecified atom stereocenters. The molecule has 1 spiro atoms. The van der Waals surface area contributed by atoms with Crippen LogP contribution < -0.4 is 5.32 Å². The van der Waals surface area contributed by atoms with Crippen molar-refractivity contribution >= 4 is 53.5 Å². The largest absolute Gasteiger partial charge is 0.463 e. The van der Waals surface area contributed by atoms with E-state index in [1.807, 2.05) is 18.2 Å². The third-order valence-corrected chi connectivity index (χ3v) is 12.0. The van der Waals surface area contributed by atoms with Crippen molar-refractivity contribution in [2.45, 2.75) is 142 Å². The van der Waals surface area contributed by atoms with E-state index in [9.17, 15) is 43.2 Å². The maximum Gasteiger partial charge on any atom is 0.303 e. The topological polar surface area (TPSA) is 258 Å². The van der Waals surface area contributed by atoms with Gasteiger partial charge in [0.25, 0.3) is 0 Å². The minimum absolute atomic E-state index is 0.304. The molecular weight excluding hydrogens is 931 g/mol. The predicted octanol–water partition coefficient (Wildman–Crippen LogP) is 2.49. The number of piperidine rings is 1. The van der Waals surface area contributed by atoms with E-state index in [4.69, 9.17) is 47.4 Å². The van der Waals surface area contributed by atoms with Crippen molar-refractivity contribution in [2.75, 3.05) is 26.3 Å². The van der Waals surface area contributed by atoms with E-state index < -0.39 is 127 Å². The van der Waals surface area contributed by atoms with Crippen LogP contribution in [-0.2, 0) is 91.1 Å². The summed E-state index contributed by atoms with van der Waals surface area (Å²) >= 11 is 0. The number of fused-ring (bicyclic) bond motifs is 5. The van der Waals surface area contributed by atoms with Crippen LogP contribution in [0.15, 0.2) is 30.3 Å². The monoisotopic (exact) mass is 985 g/mol. The van der Waals surface area contributed by atoms with Crippen LogP contribution in [0.25, 0.3) is 11.1 Å².